The van der Waals surface area contributed by atoms with Crippen LogP contribution in [0.1, 0.15) is 12.8 Å². The number of hydrogen-bond acceptors (Lipinski definition) is 3. The van der Waals surface area contributed by atoms with Crippen molar-refractivity contribution in [2.45, 2.75) is 12.8 Å². The Bertz CT molecular complexity index is 176. The van der Waals surface area contributed by atoms with Gasteiger partial charge in [-0.05, 0) is 27.1 Å². The molecule has 0 radical (unpaired) electrons. The van der Waals surface area contributed by atoms with Crippen molar-refractivity contribution >= 4 is 5.91 Å². The van der Waals surface area contributed by atoms with Crippen LogP contribution in [0.3, 0.4) is 0 Å². The summed E-state index contributed by atoms with van der Waals surface area (Å²) in [6.07, 6.45) is 1.66. The van der Waals surface area contributed by atoms with Crippen molar-refractivity contribution in [3.05, 3.63) is 0 Å². The topological polar surface area (TPSA) is 35.6 Å². The standard InChI is InChI=1S/C10H21N3O/c1-12(2)7-3-4-10(14)13-8-5-11-6-9-13/h11H,3-9H2,1-2H3. The van der Waals surface area contributed by atoms with Gasteiger partial charge in [0.15, 0.2) is 0 Å². The number of carbonyl (C=O) groups is 1. The van der Waals surface area contributed by atoms with Crippen LogP contribution in [0.15, 0.2) is 0 Å². The number of hydrogen-bond donors (Lipinski definition) is 1. The van der Waals surface area contributed by atoms with Crippen LogP contribution >= 0.6 is 0 Å². The molecule has 0 aromatic rings. The third kappa shape index (κ3) is 4.07. The smallest absolute Gasteiger partial charge is 0.222 e. The van der Waals surface area contributed by atoms with E-state index in [1.165, 1.54) is 0 Å². The van der Waals surface area contributed by atoms with Gasteiger partial charge in [0.2, 0.25) is 5.91 Å². The van der Waals surface area contributed by atoms with Gasteiger partial charge >= 0.3 is 0 Å². The molecule has 1 saturated heterocycles. The number of nitrogens with one attached hydrogen (secondary N) is 1. The average Bonchev–Trinajstić information content (AvgIpc) is 2.18. The molecule has 14 heavy (non-hydrogen) atoms. The number of carbonyl (C=O) groups excluding carboxylic acids is 1. The summed E-state index contributed by atoms with van der Waals surface area (Å²) in [6.45, 7) is 4.64. The molecule has 1 aliphatic heterocycles. The highest BCUT2D eigenvalue weighted by Crippen LogP contribution is 2.00. The first-order valence-corrected chi connectivity index (χ1v) is 5.33. The Morgan fingerprint density at radius 1 is 1.36 bits per heavy atom. The Morgan fingerprint density at radius 2 is 2.00 bits per heavy atom. The van der Waals surface area contributed by atoms with Gasteiger partial charge in [-0.3, -0.25) is 4.79 Å². The van der Waals surface area contributed by atoms with Crippen molar-refractivity contribution in [1.29, 1.82) is 0 Å². The fraction of sp³-hybridized carbons (Fsp3) is 0.900. The third-order valence-corrected chi connectivity index (χ3v) is 2.47. The van der Waals surface area contributed by atoms with Gasteiger partial charge in [-0.15, -0.1) is 0 Å². The molecule has 1 aliphatic rings. The van der Waals surface area contributed by atoms with Crippen LogP contribution in [-0.2, 0) is 4.79 Å². The second-order valence-corrected chi connectivity index (χ2v) is 4.04. The second kappa shape index (κ2) is 5.98. The monoisotopic (exact) mass is 199 g/mol. The summed E-state index contributed by atoms with van der Waals surface area (Å²) in [5.41, 5.74) is 0. The summed E-state index contributed by atoms with van der Waals surface area (Å²) >= 11 is 0. The molecule has 1 heterocycles. The predicted octanol–water partition coefficient (Wildman–Crippen LogP) is -0.240. The minimum Gasteiger partial charge on any atom is -0.340 e. The van der Waals surface area contributed by atoms with Crippen LogP contribution in [0.25, 0.3) is 0 Å². The highest BCUT2D eigenvalue weighted by Gasteiger charge is 2.15. The molecule has 0 aromatic heterocycles. The molecule has 1 rings (SSSR count). The normalized spacial score (nSPS) is 17.5. The predicted molar refractivity (Wildman–Crippen MR) is 57.2 cm³/mol. The average molecular weight is 199 g/mol. The van der Waals surface area contributed by atoms with Crippen LogP contribution in [0.5, 0.6) is 0 Å². The van der Waals surface area contributed by atoms with E-state index in [1.807, 2.05) is 19.0 Å². The lowest BCUT2D eigenvalue weighted by Gasteiger charge is -2.27. The molecule has 0 bridgehead atoms. The lowest BCUT2D eigenvalue weighted by molar-refractivity contribution is -0.131. The molecule has 0 saturated carbocycles. The van der Waals surface area contributed by atoms with Crippen LogP contribution in [0.2, 0.25) is 0 Å². The molecule has 0 aromatic carbocycles. The Balaban J connectivity index is 2.13. The van der Waals surface area contributed by atoms with Crippen molar-refractivity contribution < 1.29 is 4.79 Å². The molecule has 82 valence electrons. The van der Waals surface area contributed by atoms with E-state index in [-0.39, 0.29) is 0 Å². The number of amides is 1. The van der Waals surface area contributed by atoms with E-state index < -0.39 is 0 Å². The molecular weight excluding hydrogens is 178 g/mol. The fourth-order valence-corrected chi connectivity index (χ4v) is 1.62. The molecule has 0 aliphatic carbocycles. The molecular formula is C10H21N3O. The quantitative estimate of drug-likeness (QED) is 0.679. The molecule has 4 nitrogen and oxygen atoms in total. The summed E-state index contributed by atoms with van der Waals surface area (Å²) < 4.78 is 0. The Morgan fingerprint density at radius 3 is 2.57 bits per heavy atom. The van der Waals surface area contributed by atoms with Gasteiger partial charge in [-0.2, -0.15) is 0 Å². The largest absolute Gasteiger partial charge is 0.340 e. The molecule has 1 amide bonds. The van der Waals surface area contributed by atoms with Gasteiger partial charge in [0.25, 0.3) is 0 Å². The van der Waals surface area contributed by atoms with E-state index in [9.17, 15) is 4.79 Å². The molecule has 4 heteroatoms. The van der Waals surface area contributed by atoms with E-state index in [2.05, 4.69) is 10.2 Å². The maximum absolute atomic E-state index is 11.7. The molecule has 0 spiro atoms. The van der Waals surface area contributed by atoms with Crippen LogP contribution in [0.4, 0.5) is 0 Å². The minimum absolute atomic E-state index is 0.313. The van der Waals surface area contributed by atoms with E-state index in [4.69, 9.17) is 0 Å². The minimum atomic E-state index is 0.313. The number of nitrogens with zero attached hydrogens (tertiary/aromatic N) is 2. The second-order valence-electron chi connectivity index (χ2n) is 4.04. The summed E-state index contributed by atoms with van der Waals surface area (Å²) in [5.74, 6) is 0.313. The summed E-state index contributed by atoms with van der Waals surface area (Å²) in [7, 11) is 4.07. The van der Waals surface area contributed by atoms with Crippen molar-refractivity contribution in [2.75, 3.05) is 46.8 Å². The first-order valence-electron chi connectivity index (χ1n) is 5.33. The Hall–Kier alpha value is -0.610. The van der Waals surface area contributed by atoms with E-state index in [0.29, 0.717) is 12.3 Å². The summed E-state index contributed by atoms with van der Waals surface area (Å²) in [5, 5.41) is 3.24. The van der Waals surface area contributed by atoms with Crippen molar-refractivity contribution in [3.8, 4) is 0 Å². The zero-order chi connectivity index (χ0) is 10.4. The molecule has 0 unspecified atom stereocenters. The van der Waals surface area contributed by atoms with Gasteiger partial charge in [-0.1, -0.05) is 0 Å². The molecule has 1 fully saturated rings. The third-order valence-electron chi connectivity index (χ3n) is 2.47. The highest BCUT2D eigenvalue weighted by molar-refractivity contribution is 5.76. The summed E-state index contributed by atoms with van der Waals surface area (Å²) in [4.78, 5) is 15.7. The Labute approximate surface area is 86.2 Å². The lowest BCUT2D eigenvalue weighted by Crippen LogP contribution is -2.46. The first-order chi connectivity index (χ1) is 6.70. The van der Waals surface area contributed by atoms with Gasteiger partial charge in [0.05, 0.1) is 0 Å². The van der Waals surface area contributed by atoms with Crippen LogP contribution in [-0.4, -0.2) is 62.5 Å². The van der Waals surface area contributed by atoms with Gasteiger partial charge in [-0.25, -0.2) is 0 Å². The Kier molecular flexibility index (Phi) is 4.90. The van der Waals surface area contributed by atoms with Gasteiger partial charge in [0.1, 0.15) is 0 Å². The van der Waals surface area contributed by atoms with Gasteiger partial charge in [0, 0.05) is 32.6 Å². The first kappa shape index (κ1) is 11.5. The SMILES string of the molecule is CN(C)CCCC(=O)N1CCNCC1. The number of rotatable bonds is 4. The maximum Gasteiger partial charge on any atom is 0.222 e. The zero-order valence-electron chi connectivity index (χ0n) is 9.25. The van der Waals surface area contributed by atoms with Crippen LogP contribution < -0.4 is 5.32 Å². The van der Waals surface area contributed by atoms with Crippen LogP contribution in [0, 0.1) is 0 Å². The molecule has 0 atom stereocenters. The van der Waals surface area contributed by atoms with E-state index in [0.717, 1.165) is 39.1 Å². The van der Waals surface area contributed by atoms with E-state index in [1.54, 1.807) is 0 Å². The van der Waals surface area contributed by atoms with Gasteiger partial charge < -0.3 is 15.1 Å². The van der Waals surface area contributed by atoms with E-state index >= 15 is 0 Å². The summed E-state index contributed by atoms with van der Waals surface area (Å²) in [6, 6.07) is 0. The molecule has 1 N–H and O–H groups in total. The zero-order valence-corrected chi connectivity index (χ0v) is 9.25. The highest BCUT2D eigenvalue weighted by atomic mass is 16.2. The fourth-order valence-electron chi connectivity index (χ4n) is 1.62. The van der Waals surface area contributed by atoms with Crippen molar-refractivity contribution in [2.24, 2.45) is 0 Å². The van der Waals surface area contributed by atoms with Crippen molar-refractivity contribution in [3.63, 3.8) is 0 Å². The van der Waals surface area contributed by atoms with Crippen molar-refractivity contribution in [1.82, 2.24) is 15.1 Å². The number of piperazine rings is 1. The maximum atomic E-state index is 11.7. The lowest BCUT2D eigenvalue weighted by atomic mass is 10.2.